The maximum Gasteiger partial charge on any atom is 0.310 e. The SMILES string of the molecule is CCC(C(=O)OC(C)c1ccccc1)C(C)(C)C. The van der Waals surface area contributed by atoms with Crippen molar-refractivity contribution >= 4 is 5.97 Å². The van der Waals surface area contributed by atoms with Gasteiger partial charge in [-0.15, -0.1) is 0 Å². The maximum atomic E-state index is 12.2. The number of ether oxygens (including phenoxy) is 1. The molecule has 0 saturated carbocycles. The van der Waals surface area contributed by atoms with E-state index in [2.05, 4.69) is 20.8 Å². The molecule has 0 fully saturated rings. The Bertz CT molecular complexity index is 376. The van der Waals surface area contributed by atoms with Gasteiger partial charge in [-0.1, -0.05) is 58.0 Å². The highest BCUT2D eigenvalue weighted by Gasteiger charge is 2.31. The second kappa shape index (κ2) is 6.03. The summed E-state index contributed by atoms with van der Waals surface area (Å²) in [4.78, 5) is 12.2. The lowest BCUT2D eigenvalue weighted by molar-refractivity contribution is -0.157. The van der Waals surface area contributed by atoms with Crippen LogP contribution in [0.5, 0.6) is 0 Å². The Labute approximate surface area is 110 Å². The van der Waals surface area contributed by atoms with E-state index in [0.717, 1.165) is 12.0 Å². The Morgan fingerprint density at radius 1 is 1.22 bits per heavy atom. The highest BCUT2D eigenvalue weighted by atomic mass is 16.5. The predicted octanol–water partition coefficient (Wildman–Crippen LogP) is 4.36. The lowest BCUT2D eigenvalue weighted by Crippen LogP contribution is -2.30. The minimum absolute atomic E-state index is 0.0522. The Kier molecular flexibility index (Phi) is 4.94. The highest BCUT2D eigenvalue weighted by Crippen LogP contribution is 2.31. The molecule has 2 unspecified atom stereocenters. The second-order valence-corrected chi connectivity index (χ2v) is 5.82. The smallest absolute Gasteiger partial charge is 0.310 e. The van der Waals surface area contributed by atoms with E-state index in [1.165, 1.54) is 0 Å². The Morgan fingerprint density at radius 3 is 2.22 bits per heavy atom. The molecule has 0 aliphatic rings. The van der Waals surface area contributed by atoms with Crippen molar-refractivity contribution < 1.29 is 9.53 Å². The van der Waals surface area contributed by atoms with E-state index in [1.807, 2.05) is 44.2 Å². The zero-order valence-corrected chi connectivity index (χ0v) is 12.1. The molecule has 2 heteroatoms. The molecule has 1 rings (SSSR count). The fraction of sp³-hybridized carbons (Fsp3) is 0.562. The van der Waals surface area contributed by atoms with Crippen molar-refractivity contribution in [1.82, 2.24) is 0 Å². The minimum Gasteiger partial charge on any atom is -0.458 e. The van der Waals surface area contributed by atoms with Gasteiger partial charge in [0.2, 0.25) is 0 Å². The largest absolute Gasteiger partial charge is 0.458 e. The molecule has 2 nitrogen and oxygen atoms in total. The molecule has 0 bridgehead atoms. The topological polar surface area (TPSA) is 26.3 Å². The molecule has 1 aromatic rings. The number of esters is 1. The summed E-state index contributed by atoms with van der Waals surface area (Å²) in [6, 6.07) is 9.84. The average molecular weight is 248 g/mol. The van der Waals surface area contributed by atoms with Gasteiger partial charge in [-0.2, -0.15) is 0 Å². The summed E-state index contributed by atoms with van der Waals surface area (Å²) in [7, 11) is 0. The molecule has 0 spiro atoms. The molecule has 0 N–H and O–H groups in total. The molecule has 0 amide bonds. The molecule has 100 valence electrons. The van der Waals surface area contributed by atoms with E-state index < -0.39 is 0 Å². The Hall–Kier alpha value is -1.31. The summed E-state index contributed by atoms with van der Waals surface area (Å²) in [5.41, 5.74) is 0.983. The summed E-state index contributed by atoms with van der Waals surface area (Å²) in [5.74, 6) is -0.148. The predicted molar refractivity (Wildman–Crippen MR) is 74.2 cm³/mol. The maximum absolute atomic E-state index is 12.2. The monoisotopic (exact) mass is 248 g/mol. The van der Waals surface area contributed by atoms with Crippen LogP contribution >= 0.6 is 0 Å². The lowest BCUT2D eigenvalue weighted by Gasteiger charge is -2.29. The van der Waals surface area contributed by atoms with Crippen LogP contribution in [-0.4, -0.2) is 5.97 Å². The van der Waals surface area contributed by atoms with Crippen molar-refractivity contribution in [1.29, 1.82) is 0 Å². The Morgan fingerprint density at radius 2 is 1.78 bits per heavy atom. The molecular formula is C16H24O2. The summed E-state index contributed by atoms with van der Waals surface area (Å²) in [6.45, 7) is 10.2. The van der Waals surface area contributed by atoms with Crippen LogP contribution in [0.1, 0.15) is 52.7 Å². The van der Waals surface area contributed by atoms with Crippen LogP contribution in [0, 0.1) is 11.3 Å². The molecule has 0 saturated heterocycles. The number of benzene rings is 1. The van der Waals surface area contributed by atoms with E-state index in [0.29, 0.717) is 0 Å². The van der Waals surface area contributed by atoms with E-state index in [9.17, 15) is 4.79 Å². The zero-order valence-electron chi connectivity index (χ0n) is 12.1. The van der Waals surface area contributed by atoms with Crippen LogP contribution in [0.4, 0.5) is 0 Å². The molecule has 0 heterocycles. The summed E-state index contributed by atoms with van der Waals surface area (Å²) in [6.07, 6.45) is 0.624. The third-order valence-electron chi connectivity index (χ3n) is 3.30. The van der Waals surface area contributed by atoms with Gasteiger partial charge in [0.1, 0.15) is 6.10 Å². The molecule has 18 heavy (non-hydrogen) atoms. The van der Waals surface area contributed by atoms with E-state index in [-0.39, 0.29) is 23.4 Å². The molecule has 0 aromatic heterocycles. The number of carbonyl (C=O) groups excluding carboxylic acids is 1. The summed E-state index contributed by atoms with van der Waals surface area (Å²) in [5, 5.41) is 0. The van der Waals surface area contributed by atoms with Gasteiger partial charge in [0.05, 0.1) is 5.92 Å². The average Bonchev–Trinajstić information content (AvgIpc) is 2.29. The van der Waals surface area contributed by atoms with Crippen LogP contribution < -0.4 is 0 Å². The first-order valence-electron chi connectivity index (χ1n) is 6.61. The van der Waals surface area contributed by atoms with Crippen LogP contribution in [0.25, 0.3) is 0 Å². The standard InChI is InChI=1S/C16H24O2/c1-6-14(16(3,4)5)15(17)18-12(2)13-10-8-7-9-11-13/h7-12,14H,6H2,1-5H3. The first kappa shape index (κ1) is 14.7. The number of hydrogen-bond donors (Lipinski definition) is 0. The van der Waals surface area contributed by atoms with Crippen LogP contribution in [0.15, 0.2) is 30.3 Å². The normalized spacial score (nSPS) is 14.9. The van der Waals surface area contributed by atoms with Gasteiger partial charge >= 0.3 is 5.97 Å². The number of hydrogen-bond acceptors (Lipinski definition) is 2. The Balaban J connectivity index is 2.70. The fourth-order valence-corrected chi connectivity index (χ4v) is 2.18. The summed E-state index contributed by atoms with van der Waals surface area (Å²) < 4.78 is 5.58. The quantitative estimate of drug-likeness (QED) is 0.740. The van der Waals surface area contributed by atoms with Gasteiger partial charge < -0.3 is 4.74 Å². The van der Waals surface area contributed by atoms with Gasteiger partial charge in [-0.25, -0.2) is 0 Å². The van der Waals surface area contributed by atoms with Crippen molar-refractivity contribution in [3.8, 4) is 0 Å². The van der Waals surface area contributed by atoms with Crippen molar-refractivity contribution in [2.24, 2.45) is 11.3 Å². The van der Waals surface area contributed by atoms with E-state index >= 15 is 0 Å². The van der Waals surface area contributed by atoms with Crippen molar-refractivity contribution in [3.63, 3.8) is 0 Å². The van der Waals surface area contributed by atoms with Gasteiger partial charge in [0.25, 0.3) is 0 Å². The van der Waals surface area contributed by atoms with Crippen molar-refractivity contribution in [2.45, 2.75) is 47.1 Å². The van der Waals surface area contributed by atoms with Crippen molar-refractivity contribution in [2.75, 3.05) is 0 Å². The third kappa shape index (κ3) is 3.86. The lowest BCUT2D eigenvalue weighted by atomic mass is 9.79. The molecule has 0 radical (unpaired) electrons. The van der Waals surface area contributed by atoms with Crippen molar-refractivity contribution in [3.05, 3.63) is 35.9 Å². The molecule has 0 aliphatic carbocycles. The van der Waals surface area contributed by atoms with Gasteiger partial charge in [0, 0.05) is 0 Å². The van der Waals surface area contributed by atoms with Crippen LogP contribution in [0.2, 0.25) is 0 Å². The molecule has 0 aliphatic heterocycles. The molecule has 2 atom stereocenters. The second-order valence-electron chi connectivity index (χ2n) is 5.82. The van der Waals surface area contributed by atoms with Crippen LogP contribution in [-0.2, 0) is 9.53 Å². The third-order valence-corrected chi connectivity index (χ3v) is 3.30. The van der Waals surface area contributed by atoms with Crippen LogP contribution in [0.3, 0.4) is 0 Å². The number of carbonyl (C=O) groups is 1. The molecule has 1 aromatic carbocycles. The fourth-order valence-electron chi connectivity index (χ4n) is 2.18. The van der Waals surface area contributed by atoms with Gasteiger partial charge in [-0.3, -0.25) is 4.79 Å². The summed E-state index contributed by atoms with van der Waals surface area (Å²) >= 11 is 0. The first-order valence-corrected chi connectivity index (χ1v) is 6.61. The minimum atomic E-state index is -0.185. The highest BCUT2D eigenvalue weighted by molar-refractivity contribution is 5.73. The zero-order chi connectivity index (χ0) is 13.8. The van der Waals surface area contributed by atoms with Gasteiger partial charge in [-0.05, 0) is 24.3 Å². The van der Waals surface area contributed by atoms with Gasteiger partial charge in [0.15, 0.2) is 0 Å². The van der Waals surface area contributed by atoms with E-state index in [1.54, 1.807) is 0 Å². The molecular weight excluding hydrogens is 224 g/mol. The first-order chi connectivity index (χ1) is 8.36. The van der Waals surface area contributed by atoms with E-state index in [4.69, 9.17) is 4.74 Å². The number of rotatable bonds is 4.